The van der Waals surface area contributed by atoms with Crippen LogP contribution in [-0.2, 0) is 11.3 Å². The second-order valence-electron chi connectivity index (χ2n) is 7.78. The van der Waals surface area contributed by atoms with Gasteiger partial charge in [-0.05, 0) is 60.4 Å². The smallest absolute Gasteiger partial charge is 0.253 e. The number of ether oxygens (including phenoxy) is 2. The number of hydrogen-bond acceptors (Lipinski definition) is 5. The van der Waals surface area contributed by atoms with Crippen molar-refractivity contribution < 1.29 is 14.3 Å². The van der Waals surface area contributed by atoms with E-state index in [1.165, 1.54) is 5.56 Å². The largest absolute Gasteiger partial charge is 0.454 e. The molecule has 0 bridgehead atoms. The molecule has 1 amide bonds. The van der Waals surface area contributed by atoms with Gasteiger partial charge in [0.2, 0.25) is 6.79 Å². The maximum absolute atomic E-state index is 13.3. The molecule has 0 N–H and O–H groups in total. The first-order chi connectivity index (χ1) is 15.6. The number of fused-ring (bicyclic) bond motifs is 2. The maximum Gasteiger partial charge on any atom is 0.253 e. The first-order valence-electron chi connectivity index (χ1n) is 10.4. The highest BCUT2D eigenvalue weighted by Gasteiger charge is 2.19. The van der Waals surface area contributed by atoms with E-state index in [4.69, 9.17) is 14.5 Å². The number of aromatic nitrogens is 1. The molecule has 5 nitrogen and oxygen atoms in total. The van der Waals surface area contributed by atoms with Gasteiger partial charge in [-0.2, -0.15) is 0 Å². The molecule has 0 radical (unpaired) electrons. The molecule has 0 fully saturated rings. The molecule has 0 aliphatic carbocycles. The lowest BCUT2D eigenvalue weighted by molar-refractivity contribution is -0.114. The van der Waals surface area contributed by atoms with Crippen LogP contribution in [0.1, 0.15) is 22.3 Å². The predicted molar refractivity (Wildman–Crippen MR) is 128 cm³/mol. The highest BCUT2D eigenvalue weighted by molar-refractivity contribution is 7.22. The lowest BCUT2D eigenvalue weighted by Gasteiger charge is -2.18. The summed E-state index contributed by atoms with van der Waals surface area (Å²) in [5, 5.41) is 0.692. The van der Waals surface area contributed by atoms with Gasteiger partial charge in [-0.1, -0.05) is 53.8 Å². The molecule has 0 unspecified atom stereocenters. The Morgan fingerprint density at radius 1 is 1.06 bits per heavy atom. The summed E-state index contributed by atoms with van der Waals surface area (Å²) in [6, 6.07) is 19.8. The maximum atomic E-state index is 13.3. The number of anilines is 1. The van der Waals surface area contributed by atoms with E-state index >= 15 is 0 Å². The number of carbonyl (C=O) groups excluding carboxylic acids is 1. The zero-order chi connectivity index (χ0) is 22.1. The van der Waals surface area contributed by atoms with E-state index in [-0.39, 0.29) is 12.7 Å². The predicted octanol–water partition coefficient (Wildman–Crippen LogP) is 5.89. The molecular formula is C26H22N2O3S. The van der Waals surface area contributed by atoms with Crippen LogP contribution in [0.5, 0.6) is 11.5 Å². The van der Waals surface area contributed by atoms with E-state index in [1.807, 2.05) is 48.5 Å². The number of hydrogen-bond donors (Lipinski definition) is 0. The van der Waals surface area contributed by atoms with Crippen molar-refractivity contribution in [3.63, 3.8) is 0 Å². The fourth-order valence-electron chi connectivity index (χ4n) is 3.76. The van der Waals surface area contributed by atoms with Gasteiger partial charge >= 0.3 is 0 Å². The minimum atomic E-state index is -0.125. The standard InChI is InChI=1S/C26H22N2O3S/c1-17-12-18(2)25-21(13-17)27-26(32-25)28(15-20-6-4-3-5-7-20)24(29)11-9-19-8-10-22-23(14-19)31-16-30-22/h3-14H,15-16H2,1-2H3/b11-9+. The van der Waals surface area contributed by atoms with Crippen LogP contribution in [0.4, 0.5) is 5.13 Å². The fraction of sp³-hybridized carbons (Fsp3) is 0.154. The van der Waals surface area contributed by atoms with Gasteiger partial charge in [0.1, 0.15) is 0 Å². The Kier molecular flexibility index (Phi) is 5.37. The zero-order valence-electron chi connectivity index (χ0n) is 17.9. The minimum Gasteiger partial charge on any atom is -0.454 e. The normalized spacial score (nSPS) is 12.6. The number of amides is 1. The number of nitrogens with zero attached hydrogens (tertiary/aromatic N) is 2. The summed E-state index contributed by atoms with van der Waals surface area (Å²) in [5.41, 5.74) is 5.18. The lowest BCUT2D eigenvalue weighted by Crippen LogP contribution is -2.28. The molecule has 1 aliphatic rings. The quantitative estimate of drug-likeness (QED) is 0.362. The topological polar surface area (TPSA) is 51.7 Å². The van der Waals surface area contributed by atoms with Crippen molar-refractivity contribution in [2.45, 2.75) is 20.4 Å². The molecule has 32 heavy (non-hydrogen) atoms. The third-order valence-corrected chi connectivity index (χ3v) is 6.53. The first-order valence-corrected chi connectivity index (χ1v) is 11.2. The zero-order valence-corrected chi connectivity index (χ0v) is 18.7. The van der Waals surface area contributed by atoms with Gasteiger partial charge in [0.05, 0.1) is 16.8 Å². The molecule has 5 rings (SSSR count). The van der Waals surface area contributed by atoms with Gasteiger partial charge in [0, 0.05) is 6.08 Å². The first kappa shape index (κ1) is 20.3. The second-order valence-corrected chi connectivity index (χ2v) is 8.76. The number of carbonyl (C=O) groups is 1. The van der Waals surface area contributed by atoms with E-state index in [9.17, 15) is 4.79 Å². The summed E-state index contributed by atoms with van der Waals surface area (Å²) < 4.78 is 11.9. The van der Waals surface area contributed by atoms with Crippen LogP contribution in [0, 0.1) is 13.8 Å². The molecule has 0 saturated carbocycles. The highest BCUT2D eigenvalue weighted by Crippen LogP contribution is 2.34. The van der Waals surface area contributed by atoms with Crippen molar-refractivity contribution >= 4 is 38.7 Å². The Bertz CT molecular complexity index is 1330. The lowest BCUT2D eigenvalue weighted by atomic mass is 10.1. The van der Waals surface area contributed by atoms with E-state index in [1.54, 1.807) is 28.4 Å². The number of aryl methyl sites for hydroxylation is 2. The van der Waals surface area contributed by atoms with Crippen LogP contribution in [0.15, 0.2) is 66.7 Å². The fourth-order valence-corrected chi connectivity index (χ4v) is 4.78. The molecular weight excluding hydrogens is 420 g/mol. The Morgan fingerprint density at radius 2 is 1.88 bits per heavy atom. The SMILES string of the molecule is Cc1cc(C)c2sc(N(Cc3ccccc3)C(=O)/C=C/c3ccc4c(c3)OCO4)nc2c1. The average Bonchev–Trinajstić information content (AvgIpc) is 3.43. The Labute approximate surface area is 190 Å². The number of benzene rings is 3. The second kappa shape index (κ2) is 8.48. The molecule has 0 spiro atoms. The van der Waals surface area contributed by atoms with E-state index in [0.29, 0.717) is 17.4 Å². The van der Waals surface area contributed by atoms with Crippen molar-refractivity contribution in [3.8, 4) is 11.5 Å². The van der Waals surface area contributed by atoms with Gasteiger partial charge in [0.25, 0.3) is 5.91 Å². The Morgan fingerprint density at radius 3 is 2.72 bits per heavy atom. The molecule has 2 heterocycles. The molecule has 1 aromatic heterocycles. The number of thiazole rings is 1. The van der Waals surface area contributed by atoms with Gasteiger partial charge in [-0.15, -0.1) is 0 Å². The van der Waals surface area contributed by atoms with Crippen LogP contribution >= 0.6 is 11.3 Å². The van der Waals surface area contributed by atoms with Crippen molar-refractivity contribution in [2.75, 3.05) is 11.7 Å². The van der Waals surface area contributed by atoms with Gasteiger partial charge in [-0.3, -0.25) is 9.69 Å². The highest BCUT2D eigenvalue weighted by atomic mass is 32.1. The van der Waals surface area contributed by atoms with Crippen LogP contribution in [0.2, 0.25) is 0 Å². The summed E-state index contributed by atoms with van der Waals surface area (Å²) >= 11 is 1.55. The third-order valence-electron chi connectivity index (χ3n) is 5.30. The van der Waals surface area contributed by atoms with Crippen molar-refractivity contribution in [2.24, 2.45) is 0 Å². The summed E-state index contributed by atoms with van der Waals surface area (Å²) in [4.78, 5) is 19.9. The summed E-state index contributed by atoms with van der Waals surface area (Å²) in [6.07, 6.45) is 3.38. The monoisotopic (exact) mass is 442 g/mol. The van der Waals surface area contributed by atoms with E-state index in [2.05, 4.69) is 26.0 Å². The minimum absolute atomic E-state index is 0.125. The van der Waals surface area contributed by atoms with Gasteiger partial charge in [-0.25, -0.2) is 4.98 Å². The molecule has 1 aliphatic heterocycles. The van der Waals surface area contributed by atoms with E-state index in [0.717, 1.165) is 32.7 Å². The summed E-state index contributed by atoms with van der Waals surface area (Å²) in [5.74, 6) is 1.29. The van der Waals surface area contributed by atoms with Crippen LogP contribution in [0.3, 0.4) is 0 Å². The van der Waals surface area contributed by atoms with Gasteiger partial charge in [0.15, 0.2) is 16.6 Å². The molecule has 0 saturated heterocycles. The molecule has 3 aromatic carbocycles. The average molecular weight is 443 g/mol. The van der Waals surface area contributed by atoms with Crippen LogP contribution in [-0.4, -0.2) is 17.7 Å². The van der Waals surface area contributed by atoms with Crippen molar-refractivity contribution in [1.82, 2.24) is 4.98 Å². The van der Waals surface area contributed by atoms with Crippen molar-refractivity contribution in [3.05, 3.63) is 89.0 Å². The molecule has 6 heteroatoms. The summed E-state index contributed by atoms with van der Waals surface area (Å²) in [7, 11) is 0. The Balaban J connectivity index is 1.48. The Hall–Kier alpha value is -3.64. The molecule has 160 valence electrons. The van der Waals surface area contributed by atoms with E-state index < -0.39 is 0 Å². The third kappa shape index (κ3) is 4.09. The molecule has 4 aromatic rings. The van der Waals surface area contributed by atoms with Crippen LogP contribution in [0.25, 0.3) is 16.3 Å². The molecule has 0 atom stereocenters. The van der Waals surface area contributed by atoms with Crippen LogP contribution < -0.4 is 14.4 Å². The van der Waals surface area contributed by atoms with Crippen molar-refractivity contribution in [1.29, 1.82) is 0 Å². The van der Waals surface area contributed by atoms with Gasteiger partial charge < -0.3 is 9.47 Å². The number of rotatable bonds is 5. The summed E-state index contributed by atoms with van der Waals surface area (Å²) in [6.45, 7) is 4.82.